The van der Waals surface area contributed by atoms with Crippen molar-refractivity contribution in [2.45, 2.75) is 6.92 Å². The predicted octanol–water partition coefficient (Wildman–Crippen LogP) is 3.64. The molecular formula is C17H17N3O. The van der Waals surface area contributed by atoms with Gasteiger partial charge in [-0.25, -0.2) is 4.98 Å². The van der Waals surface area contributed by atoms with Crippen LogP contribution in [0.15, 0.2) is 47.5 Å². The first-order valence-corrected chi connectivity index (χ1v) is 6.78. The molecule has 3 aromatic rings. The number of ether oxygens (including phenoxy) is 1. The maximum atomic E-state index is 5.14. The van der Waals surface area contributed by atoms with Gasteiger partial charge in [0.2, 0.25) is 0 Å². The molecule has 0 amide bonds. The molecular weight excluding hydrogens is 262 g/mol. The smallest absolute Gasteiger partial charge is 0.118 e. The van der Waals surface area contributed by atoms with Crippen molar-refractivity contribution in [3.8, 4) is 5.75 Å². The lowest BCUT2D eigenvalue weighted by atomic mass is 10.2. The summed E-state index contributed by atoms with van der Waals surface area (Å²) >= 11 is 0. The summed E-state index contributed by atoms with van der Waals surface area (Å²) in [6.45, 7) is 2.00. The summed E-state index contributed by atoms with van der Waals surface area (Å²) in [5.74, 6) is 1.85. The van der Waals surface area contributed by atoms with Crippen LogP contribution in [0, 0.1) is 6.92 Å². The van der Waals surface area contributed by atoms with Crippen molar-refractivity contribution in [2.24, 2.45) is 12.0 Å². The Morgan fingerprint density at radius 1 is 1.14 bits per heavy atom. The molecule has 0 atom stereocenters. The molecule has 2 aromatic carbocycles. The highest BCUT2D eigenvalue weighted by molar-refractivity contribution is 5.85. The van der Waals surface area contributed by atoms with Crippen molar-refractivity contribution in [2.75, 3.05) is 7.11 Å². The minimum absolute atomic E-state index is 0.845. The Bertz CT molecular complexity index is 801. The third kappa shape index (κ3) is 2.65. The number of hydrogen-bond acceptors (Lipinski definition) is 3. The highest BCUT2D eigenvalue weighted by Gasteiger charge is 2.03. The van der Waals surface area contributed by atoms with Crippen molar-refractivity contribution >= 4 is 22.9 Å². The van der Waals surface area contributed by atoms with Crippen LogP contribution in [-0.2, 0) is 7.05 Å². The topological polar surface area (TPSA) is 39.4 Å². The third-order valence-electron chi connectivity index (χ3n) is 3.57. The lowest BCUT2D eigenvalue weighted by Gasteiger charge is -1.99. The molecule has 0 aliphatic carbocycles. The molecule has 0 unspecified atom stereocenters. The summed E-state index contributed by atoms with van der Waals surface area (Å²) < 4.78 is 7.21. The number of imidazole rings is 1. The van der Waals surface area contributed by atoms with Gasteiger partial charge in [0, 0.05) is 13.3 Å². The molecule has 0 saturated heterocycles. The first kappa shape index (κ1) is 13.4. The second-order valence-corrected chi connectivity index (χ2v) is 4.92. The quantitative estimate of drug-likeness (QED) is 0.687. The maximum absolute atomic E-state index is 5.14. The third-order valence-corrected chi connectivity index (χ3v) is 3.57. The van der Waals surface area contributed by atoms with Gasteiger partial charge in [-0.05, 0) is 55.0 Å². The zero-order valence-electron chi connectivity index (χ0n) is 12.4. The highest BCUT2D eigenvalue weighted by atomic mass is 16.5. The number of rotatable bonds is 3. The van der Waals surface area contributed by atoms with E-state index in [1.165, 1.54) is 0 Å². The van der Waals surface area contributed by atoms with Gasteiger partial charge in [-0.3, -0.25) is 4.99 Å². The Hall–Kier alpha value is -2.62. The number of hydrogen-bond donors (Lipinski definition) is 0. The van der Waals surface area contributed by atoms with Crippen LogP contribution in [0.3, 0.4) is 0 Å². The van der Waals surface area contributed by atoms with Crippen LogP contribution in [0.25, 0.3) is 11.0 Å². The van der Waals surface area contributed by atoms with Gasteiger partial charge in [0.1, 0.15) is 11.6 Å². The number of fused-ring (bicyclic) bond motifs is 1. The fourth-order valence-electron chi connectivity index (χ4n) is 2.23. The molecule has 3 rings (SSSR count). The van der Waals surface area contributed by atoms with Crippen LogP contribution in [0.2, 0.25) is 0 Å². The Morgan fingerprint density at radius 2 is 1.90 bits per heavy atom. The van der Waals surface area contributed by atoms with Gasteiger partial charge < -0.3 is 9.30 Å². The normalized spacial score (nSPS) is 11.4. The Labute approximate surface area is 123 Å². The highest BCUT2D eigenvalue weighted by Crippen LogP contribution is 2.21. The molecule has 0 fully saturated rings. The van der Waals surface area contributed by atoms with E-state index in [9.17, 15) is 0 Å². The molecule has 0 bridgehead atoms. The van der Waals surface area contributed by atoms with E-state index in [4.69, 9.17) is 4.74 Å². The lowest BCUT2D eigenvalue weighted by Crippen LogP contribution is -1.89. The van der Waals surface area contributed by atoms with Gasteiger partial charge in [0.05, 0.1) is 23.8 Å². The summed E-state index contributed by atoms with van der Waals surface area (Å²) in [6.07, 6.45) is 1.84. The standard InChI is InChI=1S/C17H17N3O/c1-12-19-16-10-14(6-9-17(16)20(12)2)18-11-13-4-7-15(21-3)8-5-13/h4-11H,1-3H3. The van der Waals surface area contributed by atoms with Gasteiger partial charge in [0.25, 0.3) is 0 Å². The largest absolute Gasteiger partial charge is 0.497 e. The molecule has 0 saturated carbocycles. The number of methoxy groups -OCH3 is 1. The summed E-state index contributed by atoms with van der Waals surface area (Å²) in [7, 11) is 3.68. The molecule has 0 aliphatic heterocycles. The van der Waals surface area contributed by atoms with Crippen LogP contribution in [0.5, 0.6) is 5.75 Å². The maximum Gasteiger partial charge on any atom is 0.118 e. The van der Waals surface area contributed by atoms with Crippen LogP contribution >= 0.6 is 0 Å². The Kier molecular flexibility index (Phi) is 3.44. The fourth-order valence-corrected chi connectivity index (χ4v) is 2.23. The van der Waals surface area contributed by atoms with E-state index in [1.54, 1.807) is 7.11 Å². The zero-order valence-corrected chi connectivity index (χ0v) is 12.4. The number of aromatic nitrogens is 2. The van der Waals surface area contributed by atoms with E-state index in [1.807, 2.05) is 56.6 Å². The minimum Gasteiger partial charge on any atom is -0.497 e. The molecule has 1 heterocycles. The van der Waals surface area contributed by atoms with Crippen LogP contribution in [-0.4, -0.2) is 22.9 Å². The first-order valence-electron chi connectivity index (χ1n) is 6.78. The summed E-state index contributed by atoms with van der Waals surface area (Å²) in [5.41, 5.74) is 4.03. The van der Waals surface area contributed by atoms with Crippen molar-refractivity contribution in [1.29, 1.82) is 0 Å². The summed E-state index contributed by atoms with van der Waals surface area (Å²) in [6, 6.07) is 13.9. The second-order valence-electron chi connectivity index (χ2n) is 4.92. The van der Waals surface area contributed by atoms with E-state index in [-0.39, 0.29) is 0 Å². The van der Waals surface area contributed by atoms with Gasteiger partial charge in [-0.15, -0.1) is 0 Å². The van der Waals surface area contributed by atoms with E-state index < -0.39 is 0 Å². The van der Waals surface area contributed by atoms with Crippen LogP contribution < -0.4 is 4.74 Å². The molecule has 1 aromatic heterocycles. The predicted molar refractivity (Wildman–Crippen MR) is 85.7 cm³/mol. The van der Waals surface area contributed by atoms with E-state index in [0.29, 0.717) is 0 Å². The first-order chi connectivity index (χ1) is 10.2. The molecule has 106 valence electrons. The van der Waals surface area contributed by atoms with E-state index in [0.717, 1.165) is 33.9 Å². The fraction of sp³-hybridized carbons (Fsp3) is 0.176. The minimum atomic E-state index is 0.845. The van der Waals surface area contributed by atoms with Crippen LogP contribution in [0.4, 0.5) is 5.69 Å². The monoisotopic (exact) mass is 279 g/mol. The number of aryl methyl sites for hydroxylation is 2. The number of nitrogens with zero attached hydrogens (tertiary/aromatic N) is 3. The van der Waals surface area contributed by atoms with Crippen LogP contribution in [0.1, 0.15) is 11.4 Å². The lowest BCUT2D eigenvalue weighted by molar-refractivity contribution is 0.415. The zero-order chi connectivity index (χ0) is 14.8. The van der Waals surface area contributed by atoms with Crippen molar-refractivity contribution in [1.82, 2.24) is 9.55 Å². The molecule has 4 nitrogen and oxygen atoms in total. The average Bonchev–Trinajstić information content (AvgIpc) is 2.80. The Balaban J connectivity index is 1.88. The molecule has 0 spiro atoms. The number of aliphatic imine (C=N–C) groups is 1. The Morgan fingerprint density at radius 3 is 2.62 bits per heavy atom. The summed E-state index contributed by atoms with van der Waals surface area (Å²) in [5, 5.41) is 0. The second kappa shape index (κ2) is 5.40. The average molecular weight is 279 g/mol. The van der Waals surface area contributed by atoms with Crippen molar-refractivity contribution in [3.63, 3.8) is 0 Å². The van der Waals surface area contributed by atoms with Gasteiger partial charge >= 0.3 is 0 Å². The van der Waals surface area contributed by atoms with Gasteiger partial charge in [-0.1, -0.05) is 0 Å². The molecule has 4 heteroatoms. The summed E-state index contributed by atoms with van der Waals surface area (Å²) in [4.78, 5) is 9.03. The molecule has 0 radical (unpaired) electrons. The van der Waals surface area contributed by atoms with E-state index in [2.05, 4.69) is 20.6 Å². The van der Waals surface area contributed by atoms with E-state index >= 15 is 0 Å². The molecule has 0 aliphatic rings. The van der Waals surface area contributed by atoms with Crippen molar-refractivity contribution < 1.29 is 4.74 Å². The van der Waals surface area contributed by atoms with Gasteiger partial charge in [-0.2, -0.15) is 0 Å². The van der Waals surface area contributed by atoms with Crippen molar-refractivity contribution in [3.05, 3.63) is 53.9 Å². The molecule has 0 N–H and O–H groups in total. The molecule has 21 heavy (non-hydrogen) atoms. The SMILES string of the molecule is COc1ccc(C=Nc2ccc3c(c2)nc(C)n3C)cc1. The van der Waals surface area contributed by atoms with Gasteiger partial charge in [0.15, 0.2) is 0 Å². The number of benzene rings is 2.